The number of hydrogen-bond donors (Lipinski definition) is 3. The molecule has 1 aliphatic rings. The molecule has 0 aliphatic heterocycles. The molecule has 3 atom stereocenters. The van der Waals surface area contributed by atoms with Gasteiger partial charge in [0, 0.05) is 30.5 Å². The number of para-hydroxylation sites is 2. The number of fused-ring (bicyclic) bond motifs is 1. The third-order valence-electron chi connectivity index (χ3n) is 7.17. The summed E-state index contributed by atoms with van der Waals surface area (Å²) < 4.78 is 18.5. The van der Waals surface area contributed by atoms with E-state index >= 15 is 0 Å². The third-order valence-corrected chi connectivity index (χ3v) is 8.06. The molecule has 0 radical (unpaired) electrons. The number of unbranched alkanes of at least 4 members (excludes halogenated alkanes) is 3. The van der Waals surface area contributed by atoms with Crippen LogP contribution in [0.5, 0.6) is 11.5 Å². The van der Waals surface area contributed by atoms with Gasteiger partial charge < -0.3 is 34.3 Å². The van der Waals surface area contributed by atoms with E-state index in [-0.39, 0.29) is 37.1 Å². The molecule has 3 unspecified atom stereocenters. The van der Waals surface area contributed by atoms with Gasteiger partial charge in [-0.15, -0.1) is 0 Å². The summed E-state index contributed by atoms with van der Waals surface area (Å²) in [6.45, 7) is 2.37. The summed E-state index contributed by atoms with van der Waals surface area (Å²) in [6, 6.07) is 13.8. The van der Waals surface area contributed by atoms with E-state index < -0.39 is 18.2 Å². The molecule has 1 aromatic heterocycles. The Labute approximate surface area is 253 Å². The van der Waals surface area contributed by atoms with Gasteiger partial charge in [0.1, 0.15) is 18.0 Å². The van der Waals surface area contributed by atoms with Crippen molar-refractivity contribution < 1.29 is 33.7 Å². The van der Waals surface area contributed by atoms with Gasteiger partial charge in [-0.25, -0.2) is 0 Å². The largest absolute Gasteiger partial charge is 0.493 e. The molecule has 220 valence electrons. The molecule has 2 aromatic carbocycles. The van der Waals surface area contributed by atoms with Crippen LogP contribution in [0.1, 0.15) is 49.6 Å². The van der Waals surface area contributed by atoms with E-state index in [0.717, 1.165) is 34.6 Å². The van der Waals surface area contributed by atoms with Crippen molar-refractivity contribution in [3.63, 3.8) is 0 Å². The van der Waals surface area contributed by atoms with Crippen molar-refractivity contribution in [3.8, 4) is 11.5 Å². The minimum atomic E-state index is -1.12. The number of halogens is 1. The van der Waals surface area contributed by atoms with E-state index in [2.05, 4.69) is 34.8 Å². The number of nitrogens with one attached hydrogen (secondary N) is 1. The second-order valence-electron chi connectivity index (χ2n) is 9.99. The van der Waals surface area contributed by atoms with Gasteiger partial charge >= 0.3 is 0 Å². The summed E-state index contributed by atoms with van der Waals surface area (Å²) in [5.74, 6) is 0.455. The molecule has 3 aromatic rings. The molecular formula is C31H37IN2O7. The predicted octanol–water partition coefficient (Wildman–Crippen LogP) is 4.68. The summed E-state index contributed by atoms with van der Waals surface area (Å²) >= 11 is 2.15. The fourth-order valence-electron chi connectivity index (χ4n) is 5.04. The fraction of sp³-hybridized carbons (Fsp3) is 0.419. The Morgan fingerprint density at radius 1 is 1.12 bits per heavy atom. The highest BCUT2D eigenvalue weighted by atomic mass is 127. The number of benzene rings is 2. The molecule has 0 saturated heterocycles. The van der Waals surface area contributed by atoms with Gasteiger partial charge in [-0.05, 0) is 59.4 Å². The first-order chi connectivity index (χ1) is 19.9. The highest BCUT2D eigenvalue weighted by Crippen LogP contribution is 2.33. The van der Waals surface area contributed by atoms with Crippen molar-refractivity contribution in [2.75, 3.05) is 26.8 Å². The Morgan fingerprint density at radius 3 is 2.63 bits per heavy atom. The van der Waals surface area contributed by atoms with E-state index in [4.69, 9.17) is 13.9 Å². The molecule has 1 heterocycles. The van der Waals surface area contributed by atoms with Crippen LogP contribution in [-0.4, -0.2) is 72.0 Å². The average molecular weight is 677 g/mol. The van der Waals surface area contributed by atoms with Crippen molar-refractivity contribution in [2.24, 2.45) is 0 Å². The molecular weight excluding hydrogens is 639 g/mol. The summed E-state index contributed by atoms with van der Waals surface area (Å²) in [6.07, 6.45) is 3.42. The lowest BCUT2D eigenvalue weighted by Gasteiger charge is -2.40. The maximum absolute atomic E-state index is 14.1. The zero-order chi connectivity index (χ0) is 29.4. The predicted molar refractivity (Wildman–Crippen MR) is 164 cm³/mol. The normalized spacial score (nSPS) is 18.6. The van der Waals surface area contributed by atoms with Crippen LogP contribution in [-0.2, 0) is 4.79 Å². The Morgan fingerprint density at radius 2 is 1.90 bits per heavy atom. The molecule has 1 aliphatic carbocycles. The van der Waals surface area contributed by atoms with Crippen molar-refractivity contribution in [3.05, 3.63) is 69.5 Å². The van der Waals surface area contributed by atoms with Crippen molar-refractivity contribution in [1.29, 1.82) is 0 Å². The van der Waals surface area contributed by atoms with Crippen LogP contribution in [0.15, 0.2) is 64.6 Å². The van der Waals surface area contributed by atoms with Gasteiger partial charge in [-0.3, -0.25) is 9.59 Å². The quantitative estimate of drug-likeness (QED) is 0.178. The number of methoxy groups -OCH3 is 1. The molecule has 41 heavy (non-hydrogen) atoms. The Hall–Kier alpha value is -3.09. The standard InChI is InChI=1S/C31H37IN2O7/c1-3-4-5-8-15-34(31(38)27-18-20-10-9-13-25(39-2)29(20)41-27)23-17-21(30(37)33-14-16-35)19-26(28(23)36)40-24-12-7-6-11-22(24)32/h6-7,9-13,18-19,23,26,28,35-36H,3-5,8,14-17H2,1-2H3,(H,33,37). The number of carbonyl (C=O) groups excluding carboxylic acids is 2. The SMILES string of the molecule is CCCCCCN(C(=O)c1cc2cccc(OC)c2o1)C1CC(C(=O)NCCO)=CC(Oc2ccccc2I)C1O. The van der Waals surface area contributed by atoms with Crippen LogP contribution >= 0.6 is 22.6 Å². The molecule has 4 rings (SSSR count). The zero-order valence-corrected chi connectivity index (χ0v) is 25.5. The first-order valence-electron chi connectivity index (χ1n) is 13.9. The number of carbonyl (C=O) groups is 2. The highest BCUT2D eigenvalue weighted by molar-refractivity contribution is 14.1. The van der Waals surface area contributed by atoms with Gasteiger partial charge in [0.2, 0.25) is 5.91 Å². The monoisotopic (exact) mass is 676 g/mol. The van der Waals surface area contributed by atoms with Crippen LogP contribution in [0.3, 0.4) is 0 Å². The van der Waals surface area contributed by atoms with Crippen LogP contribution in [0, 0.1) is 3.57 Å². The summed E-state index contributed by atoms with van der Waals surface area (Å²) in [7, 11) is 1.54. The van der Waals surface area contributed by atoms with Crippen LogP contribution in [0.4, 0.5) is 0 Å². The number of amides is 2. The highest BCUT2D eigenvalue weighted by Gasteiger charge is 2.41. The molecule has 3 N–H and O–H groups in total. The van der Waals surface area contributed by atoms with Crippen LogP contribution < -0.4 is 14.8 Å². The molecule has 0 saturated carbocycles. The average Bonchev–Trinajstić information content (AvgIpc) is 3.43. The fourth-order valence-corrected chi connectivity index (χ4v) is 5.55. The number of aliphatic hydroxyl groups excluding tert-OH is 2. The summed E-state index contributed by atoms with van der Waals surface area (Å²) in [4.78, 5) is 28.7. The Bertz CT molecular complexity index is 1370. The van der Waals surface area contributed by atoms with Gasteiger partial charge in [0.15, 0.2) is 17.1 Å². The van der Waals surface area contributed by atoms with Crippen molar-refractivity contribution >= 4 is 45.4 Å². The number of furan rings is 1. The lowest BCUT2D eigenvalue weighted by Crippen LogP contribution is -2.55. The van der Waals surface area contributed by atoms with Gasteiger partial charge in [-0.1, -0.05) is 50.5 Å². The first-order valence-corrected chi connectivity index (χ1v) is 15.0. The van der Waals surface area contributed by atoms with Crippen LogP contribution in [0.2, 0.25) is 0 Å². The zero-order valence-electron chi connectivity index (χ0n) is 23.3. The van der Waals surface area contributed by atoms with E-state index in [9.17, 15) is 19.8 Å². The van der Waals surface area contributed by atoms with Crippen molar-refractivity contribution in [2.45, 2.75) is 57.3 Å². The molecule has 2 amide bonds. The second kappa shape index (κ2) is 14.7. The van der Waals surface area contributed by atoms with E-state index in [1.54, 1.807) is 36.3 Å². The number of nitrogens with zero attached hydrogens (tertiary/aromatic N) is 1. The topological polar surface area (TPSA) is 121 Å². The molecule has 0 bridgehead atoms. The maximum atomic E-state index is 14.1. The lowest BCUT2D eigenvalue weighted by molar-refractivity contribution is -0.118. The minimum Gasteiger partial charge on any atom is -0.493 e. The minimum absolute atomic E-state index is 0.0893. The van der Waals surface area contributed by atoms with E-state index in [1.807, 2.05) is 30.3 Å². The van der Waals surface area contributed by atoms with Gasteiger partial charge in [-0.2, -0.15) is 0 Å². The number of hydrogen-bond acceptors (Lipinski definition) is 7. The maximum Gasteiger partial charge on any atom is 0.289 e. The van der Waals surface area contributed by atoms with Crippen molar-refractivity contribution in [1.82, 2.24) is 10.2 Å². The first kappa shape index (κ1) is 30.9. The van der Waals surface area contributed by atoms with Gasteiger partial charge in [0.05, 0.1) is 23.3 Å². The molecule has 9 nitrogen and oxygen atoms in total. The van der Waals surface area contributed by atoms with E-state index in [0.29, 0.717) is 29.2 Å². The smallest absolute Gasteiger partial charge is 0.289 e. The van der Waals surface area contributed by atoms with E-state index in [1.165, 1.54) is 0 Å². The summed E-state index contributed by atoms with van der Waals surface area (Å²) in [5, 5.41) is 24.3. The molecule has 0 spiro atoms. The number of rotatable bonds is 13. The third kappa shape index (κ3) is 7.41. The Balaban J connectivity index is 1.70. The summed E-state index contributed by atoms with van der Waals surface area (Å²) in [5.41, 5.74) is 0.847. The molecule has 10 heteroatoms. The molecule has 0 fully saturated rings. The van der Waals surface area contributed by atoms with Gasteiger partial charge in [0.25, 0.3) is 5.91 Å². The number of aliphatic hydroxyl groups is 2. The Kier molecular flexibility index (Phi) is 11.1. The van der Waals surface area contributed by atoms with Crippen LogP contribution in [0.25, 0.3) is 11.0 Å². The lowest BCUT2D eigenvalue weighted by atomic mass is 9.87. The number of ether oxygens (including phenoxy) is 2. The second-order valence-corrected chi connectivity index (χ2v) is 11.2.